The van der Waals surface area contributed by atoms with Crippen LogP contribution in [0.3, 0.4) is 0 Å². The van der Waals surface area contributed by atoms with E-state index >= 15 is 0 Å². The molecule has 0 spiro atoms. The number of nitrogen functional groups attached to an aromatic ring is 1. The molecule has 9 aliphatic rings. The van der Waals surface area contributed by atoms with Crippen molar-refractivity contribution in [3.63, 3.8) is 0 Å². The van der Waals surface area contributed by atoms with Crippen LogP contribution < -0.4 is 22.6 Å². The van der Waals surface area contributed by atoms with Gasteiger partial charge in [-0.1, -0.05) is 25.7 Å². The molecule has 103 heavy (non-hydrogen) atoms. The Hall–Kier alpha value is -8.87. The number of aryl methyl sites for hydroxylation is 5. The molecule has 6 unspecified atom stereocenters. The molecule has 6 saturated heterocycles. The summed E-state index contributed by atoms with van der Waals surface area (Å²) in [5.74, 6) is 2.54. The van der Waals surface area contributed by atoms with E-state index in [2.05, 4.69) is 53.9 Å². The van der Waals surface area contributed by atoms with Gasteiger partial charge in [-0.2, -0.15) is 15.3 Å². The van der Waals surface area contributed by atoms with Gasteiger partial charge in [-0.25, -0.2) is 24.3 Å². The number of nitrogens with zero attached hydrogens (tertiary/aromatic N) is 13. The van der Waals surface area contributed by atoms with E-state index in [1.165, 1.54) is 25.7 Å². The Bertz CT molecular complexity index is 4580. The molecule has 550 valence electrons. The van der Waals surface area contributed by atoms with Gasteiger partial charge in [-0.05, 0) is 202 Å². The fourth-order valence-corrected chi connectivity index (χ4v) is 16.4. The minimum Gasteiger partial charge on any atom is -0.480 e. The number of fused-ring (bicyclic) bond motifs is 13. The summed E-state index contributed by atoms with van der Waals surface area (Å²) in [6, 6.07) is 0.141. The molecule has 8 N–H and O–H groups in total. The van der Waals surface area contributed by atoms with Crippen LogP contribution in [0.1, 0.15) is 220 Å². The second-order valence-electron chi connectivity index (χ2n) is 29.1. The molecule has 0 aromatic carbocycles. The number of anilines is 1. The van der Waals surface area contributed by atoms with E-state index in [9.17, 15) is 24.0 Å². The van der Waals surface area contributed by atoms with Crippen LogP contribution in [0, 0.1) is 0 Å². The van der Waals surface area contributed by atoms with Crippen molar-refractivity contribution in [1.29, 1.82) is 0 Å². The van der Waals surface area contributed by atoms with Crippen LogP contribution in [-0.2, 0) is 52.8 Å². The van der Waals surface area contributed by atoms with Gasteiger partial charge in [0.1, 0.15) is 64.8 Å². The number of hydrogen-bond donors (Lipinski definition) is 6. The van der Waals surface area contributed by atoms with Gasteiger partial charge in [-0.3, -0.25) is 53.2 Å². The van der Waals surface area contributed by atoms with Crippen molar-refractivity contribution in [2.45, 2.75) is 210 Å². The van der Waals surface area contributed by atoms with Gasteiger partial charge in [0.2, 0.25) is 22.8 Å². The number of furan rings is 3. The first kappa shape index (κ1) is 71.1. The number of aliphatic carboxylic acids is 1. The molecule has 6 atom stereocenters. The second-order valence-corrected chi connectivity index (χ2v) is 29.1. The van der Waals surface area contributed by atoms with Crippen molar-refractivity contribution < 1.29 is 42.2 Å². The molecule has 0 bridgehead atoms. The highest BCUT2D eigenvalue weighted by Crippen LogP contribution is 2.43. The summed E-state index contributed by atoms with van der Waals surface area (Å²) in [5.41, 5.74) is 22.4. The lowest BCUT2D eigenvalue weighted by Gasteiger charge is -2.31. The third-order valence-corrected chi connectivity index (χ3v) is 22.1. The summed E-state index contributed by atoms with van der Waals surface area (Å²) < 4.78 is 35.0. The molecule has 0 radical (unpaired) electrons. The number of nitrogens with one attached hydrogen (secondary N) is 3. The molecule has 9 aromatic rings. The number of aromatic nitrogens is 12. The van der Waals surface area contributed by atoms with Crippen molar-refractivity contribution >= 4 is 45.7 Å². The van der Waals surface area contributed by atoms with E-state index in [0.717, 1.165) is 272 Å². The fourth-order valence-electron chi connectivity index (χ4n) is 16.4. The average molecular weight is 1420 g/mol. The number of carbonyl (C=O) groups excluding carboxylic acids is 2. The Kier molecular flexibility index (Phi) is 21.8. The Morgan fingerprint density at radius 1 is 0.553 bits per heavy atom. The molecule has 0 saturated carbocycles. The second kappa shape index (κ2) is 31.6. The van der Waals surface area contributed by atoms with Crippen LogP contribution in [0.5, 0.6) is 0 Å². The van der Waals surface area contributed by atoms with Gasteiger partial charge >= 0.3 is 5.97 Å². The molecular formula is C74H98N18O11. The van der Waals surface area contributed by atoms with Gasteiger partial charge < -0.3 is 49.3 Å². The van der Waals surface area contributed by atoms with Crippen LogP contribution in [0.4, 0.5) is 5.69 Å². The minimum absolute atomic E-state index is 0.0107. The van der Waals surface area contributed by atoms with Gasteiger partial charge in [0.25, 0.3) is 17.0 Å². The maximum absolute atomic E-state index is 13.0. The molecular weight excluding hydrogens is 1320 g/mol. The van der Waals surface area contributed by atoms with Crippen molar-refractivity contribution in [3.05, 3.63) is 109 Å². The van der Waals surface area contributed by atoms with Crippen LogP contribution in [0.15, 0.2) is 60.2 Å². The van der Waals surface area contributed by atoms with Crippen molar-refractivity contribution in [3.8, 4) is 34.0 Å². The molecule has 29 heteroatoms. The maximum atomic E-state index is 13.0. The van der Waals surface area contributed by atoms with E-state index in [4.69, 9.17) is 59.5 Å². The molecule has 29 nitrogen and oxygen atoms in total. The lowest BCUT2D eigenvalue weighted by molar-refractivity contribution is -0.143. The molecule has 18 rings (SSSR count). The number of imidazole rings is 1. The van der Waals surface area contributed by atoms with Crippen molar-refractivity contribution in [2.75, 3.05) is 73.3 Å². The van der Waals surface area contributed by atoms with E-state index in [-0.39, 0.29) is 59.4 Å². The SMILES string of the molecule is CN1CCCCC1C(=O)O.CN1CCCCC1C(=O)n1ccnc1.CN1CCCCC1c1nc2c3c(oc2c(=O)[nH]1)-c1cn(C2CCCCO2)nc1CCC3.CN1CCCCC1c1nc2c3c(oc2c(=O)[nH]1)-c1cn[nH]c1CCC3.NC(=O)c1oc2c(c1N)CCCc1nn(C3CCCCO3)cc1-2. The highest BCUT2D eigenvalue weighted by molar-refractivity contribution is 5.97. The fraction of sp³-hybridized carbons (Fsp3) is 0.581. The monoisotopic (exact) mass is 1410 g/mol. The maximum Gasteiger partial charge on any atom is 0.320 e. The van der Waals surface area contributed by atoms with E-state index < -0.39 is 11.9 Å². The van der Waals surface area contributed by atoms with E-state index in [1.807, 2.05) is 40.8 Å². The number of nitrogens with two attached hydrogens (primary N) is 2. The summed E-state index contributed by atoms with van der Waals surface area (Å²) in [5, 5.41) is 25.4. The van der Waals surface area contributed by atoms with Crippen molar-refractivity contribution in [1.82, 2.24) is 78.8 Å². The standard InChI is InChI=1S/C23H29N5O3.C18H21N5O2.C16H20N4O3.C10H15N3O.C7H13NO2/c1-27-11-4-2-9-17(27)22-24-19-14-7-6-8-16-15(20(14)31-21(19)23(29)25-22)13-28(26-16)18-10-3-5-12-30-18;1-23-8-3-2-7-13(23)17-20-14-10-5-4-6-12-11(9-19-22-12)15(10)25-16(14)18(24)21-17;17-13-9-4-3-5-11-10(14(9)23-15(13)16(18)21)8-20(19-11)12-6-1-2-7-22-12;1-12-6-3-2-4-9(12)10(14)13-7-5-11-8-13;1-8-5-3-2-4-6(8)7(9)10/h13,17-18H,2-12H2,1H3,(H,24,25,29);9,13H,2-8H2,1H3,(H,19,22)(H,20,21,24);8,12H,1-7,17H2,(H2,18,21);5,7-9H,2-4,6H2,1H3;6H,2-5H2,1H3,(H,9,10). The first-order valence-electron chi connectivity index (χ1n) is 37.4. The summed E-state index contributed by atoms with van der Waals surface area (Å²) in [6.07, 6.45) is 38.2. The summed E-state index contributed by atoms with van der Waals surface area (Å²) in [4.78, 5) is 87.9. The number of carbonyl (C=O) groups is 3. The number of carboxylic acid groups (broad SMARTS) is 1. The summed E-state index contributed by atoms with van der Waals surface area (Å²) >= 11 is 0. The van der Waals surface area contributed by atoms with Crippen molar-refractivity contribution in [2.24, 2.45) is 5.73 Å². The average Bonchev–Trinajstić information content (AvgIpc) is 1.61. The first-order valence-corrected chi connectivity index (χ1v) is 37.4. The number of H-pyrrole nitrogens is 3. The Labute approximate surface area is 596 Å². The zero-order valence-electron chi connectivity index (χ0n) is 59.8. The Balaban J connectivity index is 0.000000114. The molecule has 9 aromatic heterocycles. The third kappa shape index (κ3) is 15.1. The number of likely N-dealkylation sites (tertiary alicyclic amines) is 4. The quantitative estimate of drug-likeness (QED) is 0.0864. The zero-order valence-corrected chi connectivity index (χ0v) is 59.8. The number of piperidine rings is 4. The summed E-state index contributed by atoms with van der Waals surface area (Å²) in [7, 11) is 8.09. The lowest BCUT2D eigenvalue weighted by atomic mass is 10.0. The van der Waals surface area contributed by atoms with Gasteiger partial charge in [0.05, 0.1) is 58.1 Å². The number of ether oxygens (including phenoxy) is 2. The number of amides is 1. The molecule has 3 aliphatic carbocycles. The van der Waals surface area contributed by atoms with Gasteiger partial charge in [-0.15, -0.1) is 0 Å². The smallest absolute Gasteiger partial charge is 0.320 e. The molecule has 15 heterocycles. The number of hydrogen-bond acceptors (Lipinski definition) is 21. The third-order valence-electron chi connectivity index (χ3n) is 22.1. The Morgan fingerprint density at radius 3 is 1.51 bits per heavy atom. The molecule has 6 fully saturated rings. The van der Waals surface area contributed by atoms with Gasteiger partial charge in [0.15, 0.2) is 0 Å². The van der Waals surface area contributed by atoms with Gasteiger partial charge in [0, 0.05) is 60.4 Å². The zero-order chi connectivity index (χ0) is 71.4. The number of rotatable bonds is 7. The number of likely N-dealkylation sites (N-methyl/N-ethyl adjacent to an activating group) is 2. The largest absolute Gasteiger partial charge is 0.480 e. The number of aromatic amines is 3. The number of carboxylic acids is 1. The van der Waals surface area contributed by atoms with Crippen LogP contribution >= 0.6 is 0 Å². The molecule has 6 aliphatic heterocycles. The van der Waals surface area contributed by atoms with E-state index in [0.29, 0.717) is 22.6 Å². The lowest BCUT2D eigenvalue weighted by Crippen LogP contribution is -2.43. The van der Waals surface area contributed by atoms with E-state index in [1.54, 1.807) is 29.5 Å². The topological polar surface area (TPSA) is 368 Å². The number of primary amides is 1. The predicted octanol–water partition coefficient (Wildman–Crippen LogP) is 9.85. The highest BCUT2D eigenvalue weighted by atomic mass is 16.5. The molecule has 1 amide bonds. The minimum atomic E-state index is -0.679. The van der Waals surface area contributed by atoms with Crippen LogP contribution in [-0.4, -0.2) is 181 Å². The normalized spacial score (nSPS) is 23.1. The van der Waals surface area contributed by atoms with Crippen LogP contribution in [0.25, 0.3) is 56.2 Å². The van der Waals surface area contributed by atoms with Crippen LogP contribution in [0.2, 0.25) is 0 Å². The highest BCUT2D eigenvalue weighted by Gasteiger charge is 2.35. The Morgan fingerprint density at radius 2 is 1.04 bits per heavy atom. The first-order chi connectivity index (χ1) is 50.1. The predicted molar refractivity (Wildman–Crippen MR) is 384 cm³/mol. The summed E-state index contributed by atoms with van der Waals surface area (Å²) in [6.45, 7) is 5.56.